The molecule has 230 valence electrons. The van der Waals surface area contributed by atoms with E-state index in [4.69, 9.17) is 19.4 Å². The summed E-state index contributed by atoms with van der Waals surface area (Å²) < 4.78 is 12.7. The number of hydrogen-bond donors (Lipinski definition) is 2. The molecule has 7 rings (SSSR count). The van der Waals surface area contributed by atoms with Crippen LogP contribution < -0.4 is 9.47 Å². The van der Waals surface area contributed by atoms with Crippen molar-refractivity contribution >= 4 is 22.1 Å². The summed E-state index contributed by atoms with van der Waals surface area (Å²) in [5, 5.41) is 0. The van der Waals surface area contributed by atoms with Gasteiger partial charge in [-0.15, -0.1) is 0 Å². The number of fused-ring (bicyclic) bond motifs is 2. The number of imidazole rings is 2. The molecule has 0 atom stereocenters. The van der Waals surface area contributed by atoms with E-state index in [1.165, 1.54) is 25.7 Å². The van der Waals surface area contributed by atoms with Crippen LogP contribution in [0.1, 0.15) is 51.4 Å². The van der Waals surface area contributed by atoms with E-state index in [0.29, 0.717) is 12.1 Å². The van der Waals surface area contributed by atoms with Gasteiger partial charge in [-0.05, 0) is 104 Å². The lowest BCUT2D eigenvalue weighted by molar-refractivity contribution is 0.111. The summed E-state index contributed by atoms with van der Waals surface area (Å²) in [5.41, 5.74) is 5.92. The maximum Gasteiger partial charge on any atom is 0.138 e. The number of hydrogen-bond acceptors (Lipinski definition) is 6. The van der Waals surface area contributed by atoms with Crippen molar-refractivity contribution in [3.05, 3.63) is 60.7 Å². The lowest BCUT2D eigenvalue weighted by Crippen LogP contribution is -2.35. The minimum Gasteiger partial charge on any atom is -0.490 e. The Bertz CT molecular complexity index is 1580. The van der Waals surface area contributed by atoms with Crippen molar-refractivity contribution in [2.75, 3.05) is 28.2 Å². The second-order valence-electron chi connectivity index (χ2n) is 13.1. The first-order valence-corrected chi connectivity index (χ1v) is 16.1. The van der Waals surface area contributed by atoms with Gasteiger partial charge in [0.05, 0.1) is 34.3 Å². The summed E-state index contributed by atoms with van der Waals surface area (Å²) >= 11 is 0. The van der Waals surface area contributed by atoms with Gasteiger partial charge in [0.1, 0.15) is 23.1 Å². The number of nitrogens with zero attached hydrogens (tertiary/aromatic N) is 4. The number of aromatic nitrogens is 4. The highest BCUT2D eigenvalue weighted by molar-refractivity contribution is 5.82. The lowest BCUT2D eigenvalue weighted by Gasteiger charge is -2.32. The maximum atomic E-state index is 6.37. The third-order valence-corrected chi connectivity index (χ3v) is 9.69. The van der Waals surface area contributed by atoms with Crippen LogP contribution in [0.2, 0.25) is 0 Å². The van der Waals surface area contributed by atoms with E-state index in [-0.39, 0.29) is 12.2 Å². The van der Waals surface area contributed by atoms with E-state index < -0.39 is 0 Å². The third kappa shape index (κ3) is 6.19. The Morgan fingerprint density at radius 3 is 1.30 bits per heavy atom. The second kappa shape index (κ2) is 12.3. The molecule has 5 aromatic rings. The van der Waals surface area contributed by atoms with Gasteiger partial charge in [-0.25, -0.2) is 9.97 Å². The Balaban J connectivity index is 1.01. The summed E-state index contributed by atoms with van der Waals surface area (Å²) in [7, 11) is 8.69. The van der Waals surface area contributed by atoms with E-state index >= 15 is 0 Å². The van der Waals surface area contributed by atoms with Gasteiger partial charge < -0.3 is 29.2 Å². The topological polar surface area (TPSA) is 82.3 Å². The number of nitrogens with one attached hydrogen (secondary N) is 2. The van der Waals surface area contributed by atoms with Gasteiger partial charge in [0.25, 0.3) is 0 Å². The van der Waals surface area contributed by atoms with Gasteiger partial charge in [0.2, 0.25) is 0 Å². The van der Waals surface area contributed by atoms with Crippen molar-refractivity contribution in [1.82, 2.24) is 29.7 Å². The number of aromatic amines is 2. The van der Waals surface area contributed by atoms with Crippen LogP contribution in [0.5, 0.6) is 11.5 Å². The summed E-state index contributed by atoms with van der Waals surface area (Å²) in [5.74, 6) is 3.51. The van der Waals surface area contributed by atoms with Gasteiger partial charge in [0, 0.05) is 35.3 Å². The molecule has 2 aromatic heterocycles. The van der Waals surface area contributed by atoms with Crippen LogP contribution in [0.3, 0.4) is 0 Å². The number of rotatable bonds is 8. The molecule has 8 heteroatoms. The largest absolute Gasteiger partial charge is 0.490 e. The summed E-state index contributed by atoms with van der Waals surface area (Å²) in [6.45, 7) is 0. The molecule has 2 N–H and O–H groups in total. The quantitative estimate of drug-likeness (QED) is 0.197. The van der Waals surface area contributed by atoms with Crippen molar-refractivity contribution in [2.45, 2.75) is 75.7 Å². The van der Waals surface area contributed by atoms with Gasteiger partial charge >= 0.3 is 0 Å². The lowest BCUT2D eigenvalue weighted by atomic mass is 9.92. The van der Waals surface area contributed by atoms with Crippen molar-refractivity contribution in [1.29, 1.82) is 0 Å². The van der Waals surface area contributed by atoms with Gasteiger partial charge in [-0.2, -0.15) is 0 Å². The predicted molar refractivity (Wildman–Crippen MR) is 177 cm³/mol. The Morgan fingerprint density at radius 1 is 0.545 bits per heavy atom. The van der Waals surface area contributed by atoms with Crippen molar-refractivity contribution < 1.29 is 9.47 Å². The first kappa shape index (κ1) is 28.9. The second-order valence-corrected chi connectivity index (χ2v) is 13.1. The Labute approximate surface area is 259 Å². The first-order chi connectivity index (χ1) is 21.4. The van der Waals surface area contributed by atoms with E-state index in [2.05, 4.69) is 84.4 Å². The van der Waals surface area contributed by atoms with Crippen molar-refractivity contribution in [3.8, 4) is 34.3 Å². The van der Waals surface area contributed by atoms with Crippen LogP contribution in [0, 0.1) is 0 Å². The Kier molecular flexibility index (Phi) is 8.04. The fourth-order valence-electron chi connectivity index (χ4n) is 6.93. The molecule has 2 heterocycles. The average molecular weight is 593 g/mol. The molecule has 0 radical (unpaired) electrons. The molecule has 8 nitrogen and oxygen atoms in total. The van der Waals surface area contributed by atoms with Crippen molar-refractivity contribution in [3.63, 3.8) is 0 Å². The van der Waals surface area contributed by atoms with E-state index in [9.17, 15) is 0 Å². The van der Waals surface area contributed by atoms with Crippen LogP contribution in [0.15, 0.2) is 60.7 Å². The predicted octanol–water partition coefficient (Wildman–Crippen LogP) is 7.28. The minimum absolute atomic E-state index is 0.282. The average Bonchev–Trinajstić information content (AvgIpc) is 3.66. The summed E-state index contributed by atoms with van der Waals surface area (Å²) in [6.07, 6.45) is 9.70. The zero-order chi connectivity index (χ0) is 30.2. The molecule has 3 aromatic carbocycles. The molecule has 2 aliphatic carbocycles. The normalized spacial score (nSPS) is 22.7. The highest BCUT2D eigenvalue weighted by atomic mass is 16.5. The van der Waals surface area contributed by atoms with E-state index in [1.807, 2.05) is 24.3 Å². The smallest absolute Gasteiger partial charge is 0.138 e. The van der Waals surface area contributed by atoms with E-state index in [0.717, 1.165) is 82.0 Å². The highest BCUT2D eigenvalue weighted by Gasteiger charge is 2.25. The molecule has 0 amide bonds. The molecule has 2 fully saturated rings. The summed E-state index contributed by atoms with van der Waals surface area (Å²) in [4.78, 5) is 21.4. The molecule has 0 unspecified atom stereocenters. The number of benzene rings is 3. The molecule has 0 saturated heterocycles. The van der Waals surface area contributed by atoms with Crippen LogP contribution in [0.25, 0.3) is 44.8 Å². The standard InChI is InChI=1S/C36H44N6O2/c1-41(2)25-9-13-27(14-10-25)43-29-17-19-31-33(21-29)39-35(37-31)23-5-7-24(8-6-23)36-38-32-20-18-30(22-34(32)40-36)44-28-15-11-26(12-16-28)42(3)4/h5-8,17-22,25-28H,9-16H2,1-4H3,(H,37,39)(H,38,40). The molecular formula is C36H44N6O2. The zero-order valence-corrected chi connectivity index (χ0v) is 26.3. The molecule has 2 aliphatic rings. The van der Waals surface area contributed by atoms with Gasteiger partial charge in [0.15, 0.2) is 0 Å². The fraction of sp³-hybridized carbons (Fsp3) is 0.444. The minimum atomic E-state index is 0.282. The van der Waals surface area contributed by atoms with Crippen LogP contribution in [-0.2, 0) is 0 Å². The van der Waals surface area contributed by atoms with Crippen LogP contribution in [0.4, 0.5) is 0 Å². The first-order valence-electron chi connectivity index (χ1n) is 16.1. The SMILES string of the molecule is CN(C)C1CCC(Oc2ccc3nc(-c4ccc(-c5nc6ccc(OC7CCC(N(C)C)CC7)cc6[nH]5)cc4)[nH]c3c2)CC1. The molecule has 0 bridgehead atoms. The molecule has 0 spiro atoms. The zero-order valence-electron chi connectivity index (χ0n) is 26.3. The van der Waals surface area contributed by atoms with Gasteiger partial charge in [-0.3, -0.25) is 0 Å². The van der Waals surface area contributed by atoms with E-state index in [1.54, 1.807) is 0 Å². The van der Waals surface area contributed by atoms with Crippen LogP contribution in [-0.4, -0.2) is 82.2 Å². The monoisotopic (exact) mass is 592 g/mol. The highest BCUT2D eigenvalue weighted by Crippen LogP contribution is 2.31. The van der Waals surface area contributed by atoms with Crippen molar-refractivity contribution in [2.24, 2.45) is 0 Å². The number of H-pyrrole nitrogens is 2. The molecule has 0 aliphatic heterocycles. The number of ether oxygens (including phenoxy) is 2. The van der Waals surface area contributed by atoms with Crippen LogP contribution >= 0.6 is 0 Å². The Morgan fingerprint density at radius 2 is 0.932 bits per heavy atom. The van der Waals surface area contributed by atoms with Gasteiger partial charge in [-0.1, -0.05) is 24.3 Å². The maximum absolute atomic E-state index is 6.37. The fourth-order valence-corrected chi connectivity index (χ4v) is 6.93. The third-order valence-electron chi connectivity index (χ3n) is 9.69. The Hall–Kier alpha value is -3.88. The molecule has 44 heavy (non-hydrogen) atoms. The molecular weight excluding hydrogens is 548 g/mol. The summed E-state index contributed by atoms with van der Waals surface area (Å²) in [6, 6.07) is 22.1. The molecule has 2 saturated carbocycles.